The molecule has 0 fully saturated rings. The van der Waals surface area contributed by atoms with Gasteiger partial charge in [0.15, 0.2) is 18.3 Å². The largest absolute Gasteiger partial charge is 1.00 e. The van der Waals surface area contributed by atoms with Crippen molar-refractivity contribution < 1.29 is 101 Å². The van der Waals surface area contributed by atoms with Gasteiger partial charge in [0.2, 0.25) is 5.75 Å². The van der Waals surface area contributed by atoms with E-state index in [2.05, 4.69) is 4.52 Å². The Labute approximate surface area is 229 Å². The molecule has 0 radical (unpaired) electrons. The van der Waals surface area contributed by atoms with E-state index in [-0.39, 0.29) is 59.1 Å². The molecule has 0 aliphatic rings. The summed E-state index contributed by atoms with van der Waals surface area (Å²) in [5.41, 5.74) is 2.01. The van der Waals surface area contributed by atoms with Crippen molar-refractivity contribution in [1.29, 1.82) is 0 Å². The summed E-state index contributed by atoms with van der Waals surface area (Å²) in [5.74, 6) is 1.82. The van der Waals surface area contributed by atoms with E-state index in [1.54, 1.807) is 36.4 Å². The fourth-order valence-corrected chi connectivity index (χ4v) is 3.00. The van der Waals surface area contributed by atoms with Crippen LogP contribution in [0, 0.1) is 0 Å². The first-order valence-electron chi connectivity index (χ1n) is 8.63. The summed E-state index contributed by atoms with van der Waals surface area (Å²) in [7, 11) is -0.542. The normalized spacial score (nSPS) is 11.0. The molecule has 0 bridgehead atoms. The van der Waals surface area contributed by atoms with Crippen molar-refractivity contribution in [3.8, 4) is 23.0 Å². The molecule has 1 heterocycles. The second-order valence-corrected chi connectivity index (χ2v) is 7.13. The average Bonchev–Trinajstić information content (AvgIpc) is 3.19. The van der Waals surface area contributed by atoms with Crippen molar-refractivity contribution >= 4 is 30.9 Å². The third-order valence-corrected chi connectivity index (χ3v) is 4.56. The van der Waals surface area contributed by atoms with Gasteiger partial charge in [-0.3, -0.25) is 0 Å². The van der Waals surface area contributed by atoms with Gasteiger partial charge in [0.1, 0.15) is 11.3 Å². The first-order valence-corrected chi connectivity index (χ1v) is 10.1. The fourth-order valence-electron chi connectivity index (χ4n) is 2.82. The van der Waals surface area contributed by atoms with E-state index < -0.39 is 14.6 Å². The third-order valence-electron chi connectivity index (χ3n) is 4.14. The Kier molecular flexibility index (Phi) is 11.9. The van der Waals surface area contributed by atoms with Gasteiger partial charge >= 0.3 is 59.1 Å². The molecule has 0 atom stereocenters. The molecule has 0 saturated carbocycles. The minimum atomic E-state index is -5.13. The maximum atomic E-state index is 10.6. The van der Waals surface area contributed by atoms with Gasteiger partial charge in [0, 0.05) is 0 Å². The van der Waals surface area contributed by atoms with Crippen LogP contribution in [0.1, 0.15) is 11.1 Å². The number of rotatable bonds is 9. The number of phosphoric ester groups is 1. The molecule has 12 heteroatoms. The van der Waals surface area contributed by atoms with E-state index in [0.717, 1.165) is 5.56 Å². The predicted molar refractivity (Wildman–Crippen MR) is 105 cm³/mol. The van der Waals surface area contributed by atoms with Crippen LogP contribution >= 0.6 is 7.82 Å². The number of methoxy groups -OCH3 is 3. The van der Waals surface area contributed by atoms with Gasteiger partial charge in [-0.15, -0.1) is 0 Å². The summed E-state index contributed by atoms with van der Waals surface area (Å²) >= 11 is 0. The smallest absolute Gasteiger partial charge is 0.790 e. The number of furan rings is 1. The van der Waals surface area contributed by atoms with Crippen LogP contribution in [0.4, 0.5) is 0 Å². The fraction of sp³-hybridized carbons (Fsp3) is 0.200. The van der Waals surface area contributed by atoms with Crippen LogP contribution in [0.5, 0.6) is 23.0 Å². The van der Waals surface area contributed by atoms with Crippen LogP contribution in [0.2, 0.25) is 0 Å². The monoisotopic (exact) mass is 480 g/mol. The molecule has 0 aliphatic carbocycles. The van der Waals surface area contributed by atoms with Crippen molar-refractivity contribution in [3.63, 3.8) is 0 Å². The maximum Gasteiger partial charge on any atom is 1.00 e. The molecule has 0 N–H and O–H groups in total. The topological polar surface area (TPSA) is 122 Å². The Bertz CT molecular complexity index is 1080. The predicted octanol–water partition coefficient (Wildman–Crippen LogP) is -3.18. The van der Waals surface area contributed by atoms with Gasteiger partial charge in [-0.1, -0.05) is 12.2 Å². The minimum absolute atomic E-state index is 0. The molecule has 3 rings (SSSR count). The van der Waals surface area contributed by atoms with E-state index in [1.165, 1.54) is 27.6 Å². The Morgan fingerprint density at radius 3 is 2.00 bits per heavy atom. The molecule has 3 aromatic rings. The summed E-state index contributed by atoms with van der Waals surface area (Å²) < 4.78 is 41.5. The summed E-state index contributed by atoms with van der Waals surface area (Å²) in [4.78, 5) is 21.2. The molecule has 9 nitrogen and oxygen atoms in total. The zero-order valence-electron chi connectivity index (χ0n) is 18.4. The zero-order valence-corrected chi connectivity index (χ0v) is 23.3. The standard InChI is InChI=1S/C20H21O9P.2Na/c1-24-18-10-14(11-19(25-2)20(18)26-3)5-4-13-8-16-15(6-7-27-16)17(9-13)28-12-29-30(21,22)23;;/h4-11H,12H2,1-3H3,(H2,21,22,23);;/q;2*+1/p-2/b5-4+;;. The molecule has 0 saturated heterocycles. The van der Waals surface area contributed by atoms with Crippen molar-refractivity contribution in [2.75, 3.05) is 28.1 Å². The Morgan fingerprint density at radius 2 is 1.47 bits per heavy atom. The number of ether oxygens (including phenoxy) is 4. The van der Waals surface area contributed by atoms with E-state index in [1.807, 2.05) is 6.08 Å². The van der Waals surface area contributed by atoms with E-state index >= 15 is 0 Å². The van der Waals surface area contributed by atoms with E-state index in [0.29, 0.717) is 39.5 Å². The van der Waals surface area contributed by atoms with Crippen LogP contribution in [-0.2, 0) is 9.09 Å². The van der Waals surface area contributed by atoms with Gasteiger partial charge in [-0.05, 0) is 41.5 Å². The second-order valence-electron chi connectivity index (χ2n) is 5.98. The Balaban J connectivity index is 0.00000256. The molecule has 32 heavy (non-hydrogen) atoms. The summed E-state index contributed by atoms with van der Waals surface area (Å²) in [6.07, 6.45) is 5.08. The molecule has 2 aromatic carbocycles. The summed E-state index contributed by atoms with van der Waals surface area (Å²) in [5, 5.41) is 0.607. The molecule has 0 spiro atoms. The number of hydrogen-bond donors (Lipinski definition) is 0. The van der Waals surface area contributed by atoms with Crippen molar-refractivity contribution in [2.24, 2.45) is 0 Å². The minimum Gasteiger partial charge on any atom is -0.790 e. The number of phosphoric acid groups is 1. The van der Waals surface area contributed by atoms with Crippen molar-refractivity contribution in [3.05, 3.63) is 47.7 Å². The van der Waals surface area contributed by atoms with E-state index in [9.17, 15) is 14.4 Å². The van der Waals surface area contributed by atoms with Gasteiger partial charge in [0.05, 0.1) is 40.8 Å². The second kappa shape index (κ2) is 13.1. The van der Waals surface area contributed by atoms with Crippen LogP contribution < -0.4 is 87.8 Å². The number of hydrogen-bond acceptors (Lipinski definition) is 9. The van der Waals surface area contributed by atoms with Gasteiger partial charge < -0.3 is 42.2 Å². The summed E-state index contributed by atoms with van der Waals surface area (Å²) in [6.45, 7) is -0.732. The maximum absolute atomic E-state index is 10.6. The van der Waals surface area contributed by atoms with Crippen LogP contribution in [0.3, 0.4) is 0 Å². The Morgan fingerprint density at radius 1 is 0.906 bits per heavy atom. The van der Waals surface area contributed by atoms with Crippen LogP contribution in [0.15, 0.2) is 41.0 Å². The molecular weight excluding hydrogens is 461 g/mol. The van der Waals surface area contributed by atoms with Crippen molar-refractivity contribution in [1.82, 2.24) is 0 Å². The average molecular weight is 480 g/mol. The van der Waals surface area contributed by atoms with Gasteiger partial charge in [-0.2, -0.15) is 0 Å². The molecule has 1 aromatic heterocycles. The number of benzene rings is 2. The zero-order chi connectivity index (χ0) is 21.7. The van der Waals surface area contributed by atoms with Crippen LogP contribution in [-0.4, -0.2) is 28.1 Å². The van der Waals surface area contributed by atoms with E-state index in [4.69, 9.17) is 23.4 Å². The molecule has 0 aliphatic heterocycles. The molecule has 160 valence electrons. The van der Waals surface area contributed by atoms with Crippen molar-refractivity contribution in [2.45, 2.75) is 0 Å². The first-order chi connectivity index (χ1) is 14.3. The Hall–Kier alpha value is -0.970. The first kappa shape index (κ1) is 29.1. The summed E-state index contributed by atoms with van der Waals surface area (Å²) in [6, 6.07) is 8.67. The molecule has 0 amide bonds. The van der Waals surface area contributed by atoms with Gasteiger partial charge in [0.25, 0.3) is 0 Å². The van der Waals surface area contributed by atoms with Gasteiger partial charge in [-0.25, -0.2) is 0 Å². The molecule has 0 unspecified atom stereocenters. The third kappa shape index (κ3) is 7.53. The quantitative estimate of drug-likeness (QED) is 0.135. The number of fused-ring (bicyclic) bond motifs is 1. The SMILES string of the molecule is COc1cc(/C=C/c2cc(OCOP(=O)([O-])[O-])c3ccoc3c2)cc(OC)c1OC.[Na+].[Na+]. The molecular formula is C20H19Na2O9P. The van der Waals surface area contributed by atoms with Crippen LogP contribution in [0.25, 0.3) is 23.1 Å².